The van der Waals surface area contributed by atoms with Crippen molar-refractivity contribution in [2.75, 3.05) is 18.9 Å². The van der Waals surface area contributed by atoms with Gasteiger partial charge in [-0.2, -0.15) is 0 Å². The monoisotopic (exact) mass is 405 g/mol. The van der Waals surface area contributed by atoms with Crippen LogP contribution in [0.25, 0.3) is 0 Å². The summed E-state index contributed by atoms with van der Waals surface area (Å²) in [6.45, 7) is 9.21. The largest absolute Gasteiger partial charge is 0.462 e. The van der Waals surface area contributed by atoms with Crippen LogP contribution < -0.4 is 5.73 Å². The van der Waals surface area contributed by atoms with Gasteiger partial charge in [0.2, 0.25) is 0 Å². The van der Waals surface area contributed by atoms with E-state index in [-0.39, 0.29) is 11.1 Å². The van der Waals surface area contributed by atoms with Crippen molar-refractivity contribution >= 4 is 17.6 Å². The van der Waals surface area contributed by atoms with Gasteiger partial charge in [0.05, 0.1) is 24.3 Å². The van der Waals surface area contributed by atoms with E-state index in [4.69, 9.17) is 15.2 Å². The average molecular weight is 406 g/mol. The molecule has 29 heavy (non-hydrogen) atoms. The maximum atomic E-state index is 12.7. The Morgan fingerprint density at radius 1 is 0.828 bits per heavy atom. The van der Waals surface area contributed by atoms with Crippen molar-refractivity contribution in [2.45, 2.75) is 79.1 Å². The van der Waals surface area contributed by atoms with E-state index < -0.39 is 11.9 Å². The number of rotatable bonds is 14. The van der Waals surface area contributed by atoms with Crippen molar-refractivity contribution in [3.8, 4) is 0 Å². The Morgan fingerprint density at radius 3 is 1.76 bits per heavy atom. The fraction of sp³-hybridized carbons (Fsp3) is 0.667. The molecular weight excluding hydrogens is 366 g/mol. The van der Waals surface area contributed by atoms with Crippen LogP contribution in [0, 0.1) is 11.8 Å². The number of nitrogen functional groups attached to an aromatic ring is 1. The van der Waals surface area contributed by atoms with Crippen LogP contribution in [-0.4, -0.2) is 25.2 Å². The van der Waals surface area contributed by atoms with Gasteiger partial charge in [-0.25, -0.2) is 9.59 Å². The Bertz CT molecular complexity index is 629. The second-order valence-corrected chi connectivity index (χ2v) is 7.83. The Kier molecular flexibility index (Phi) is 12.1. The minimum Gasteiger partial charge on any atom is -0.462 e. The van der Waals surface area contributed by atoms with Crippen molar-refractivity contribution in [2.24, 2.45) is 11.8 Å². The van der Waals surface area contributed by atoms with Gasteiger partial charge >= 0.3 is 11.9 Å². The Labute approximate surface area is 176 Å². The lowest BCUT2D eigenvalue weighted by molar-refractivity contribution is 0.0381. The summed E-state index contributed by atoms with van der Waals surface area (Å²) < 4.78 is 11.0. The van der Waals surface area contributed by atoms with E-state index in [1.165, 1.54) is 6.07 Å². The van der Waals surface area contributed by atoms with E-state index in [1.54, 1.807) is 12.1 Å². The zero-order valence-electron chi connectivity index (χ0n) is 18.7. The van der Waals surface area contributed by atoms with E-state index in [1.807, 2.05) is 0 Å². The number of hydrogen-bond donors (Lipinski definition) is 1. The minimum absolute atomic E-state index is 0.182. The summed E-state index contributed by atoms with van der Waals surface area (Å²) in [5.41, 5.74) is 6.67. The van der Waals surface area contributed by atoms with Crippen LogP contribution in [0.1, 0.15) is 99.8 Å². The maximum Gasteiger partial charge on any atom is 0.339 e. The first kappa shape index (κ1) is 25.0. The molecule has 1 aromatic rings. The molecule has 2 atom stereocenters. The summed E-state index contributed by atoms with van der Waals surface area (Å²) in [6.07, 6.45) is 8.45. The average Bonchev–Trinajstić information content (AvgIpc) is 2.73. The molecule has 5 nitrogen and oxygen atoms in total. The van der Waals surface area contributed by atoms with Crippen molar-refractivity contribution in [3.63, 3.8) is 0 Å². The molecule has 0 aliphatic rings. The van der Waals surface area contributed by atoms with E-state index in [0.29, 0.717) is 30.7 Å². The van der Waals surface area contributed by atoms with Crippen LogP contribution in [0.2, 0.25) is 0 Å². The summed E-state index contributed by atoms with van der Waals surface area (Å²) in [7, 11) is 0. The number of esters is 2. The molecule has 0 saturated carbocycles. The van der Waals surface area contributed by atoms with Crippen molar-refractivity contribution < 1.29 is 19.1 Å². The van der Waals surface area contributed by atoms with E-state index >= 15 is 0 Å². The zero-order chi connectivity index (χ0) is 21.6. The van der Waals surface area contributed by atoms with E-state index in [9.17, 15) is 9.59 Å². The number of ether oxygens (including phenoxy) is 2. The molecule has 0 spiro atoms. The molecule has 0 saturated heterocycles. The van der Waals surface area contributed by atoms with E-state index in [0.717, 1.165) is 51.4 Å². The molecule has 0 radical (unpaired) electrons. The Morgan fingerprint density at radius 2 is 1.31 bits per heavy atom. The van der Waals surface area contributed by atoms with Gasteiger partial charge < -0.3 is 15.2 Å². The van der Waals surface area contributed by atoms with Gasteiger partial charge in [-0.15, -0.1) is 0 Å². The molecule has 0 heterocycles. The summed E-state index contributed by atoms with van der Waals surface area (Å²) in [5.74, 6) is -0.339. The van der Waals surface area contributed by atoms with Gasteiger partial charge in [-0.3, -0.25) is 0 Å². The number of benzene rings is 1. The van der Waals surface area contributed by atoms with Gasteiger partial charge in [0.15, 0.2) is 0 Å². The van der Waals surface area contributed by atoms with Crippen LogP contribution in [0.4, 0.5) is 5.69 Å². The highest BCUT2D eigenvalue weighted by Gasteiger charge is 2.22. The number of carbonyl (C=O) groups is 2. The van der Waals surface area contributed by atoms with Gasteiger partial charge in [0, 0.05) is 5.69 Å². The lowest BCUT2D eigenvalue weighted by Gasteiger charge is -2.17. The first-order valence-corrected chi connectivity index (χ1v) is 11.2. The third-order valence-electron chi connectivity index (χ3n) is 5.47. The quantitative estimate of drug-likeness (QED) is 0.303. The third kappa shape index (κ3) is 8.88. The highest BCUT2D eigenvalue weighted by Crippen LogP contribution is 2.20. The molecule has 164 valence electrons. The summed E-state index contributed by atoms with van der Waals surface area (Å²) >= 11 is 0. The molecule has 1 rings (SSSR count). The normalized spacial score (nSPS) is 13.0. The molecule has 0 amide bonds. The summed E-state index contributed by atoms with van der Waals surface area (Å²) in [5, 5.41) is 0. The van der Waals surface area contributed by atoms with Crippen molar-refractivity contribution in [1.82, 2.24) is 0 Å². The molecule has 0 aliphatic carbocycles. The molecule has 2 N–H and O–H groups in total. The van der Waals surface area contributed by atoms with Gasteiger partial charge in [-0.1, -0.05) is 66.2 Å². The molecule has 0 bridgehead atoms. The maximum absolute atomic E-state index is 12.7. The Balaban J connectivity index is 2.79. The van der Waals surface area contributed by atoms with Gasteiger partial charge in [0.25, 0.3) is 0 Å². The number of hydrogen-bond acceptors (Lipinski definition) is 5. The van der Waals surface area contributed by atoms with Crippen LogP contribution in [0.15, 0.2) is 18.2 Å². The summed E-state index contributed by atoms with van der Waals surface area (Å²) in [6, 6.07) is 4.66. The Hall–Kier alpha value is -2.04. The zero-order valence-corrected chi connectivity index (χ0v) is 18.7. The highest BCUT2D eigenvalue weighted by atomic mass is 16.5. The van der Waals surface area contributed by atoms with E-state index in [2.05, 4.69) is 27.7 Å². The van der Waals surface area contributed by atoms with Crippen LogP contribution >= 0.6 is 0 Å². The second-order valence-electron chi connectivity index (χ2n) is 7.83. The first-order chi connectivity index (χ1) is 14.0. The van der Waals surface area contributed by atoms with Crippen LogP contribution in [0.3, 0.4) is 0 Å². The smallest absolute Gasteiger partial charge is 0.339 e. The molecule has 2 unspecified atom stereocenters. The summed E-state index contributed by atoms with van der Waals surface area (Å²) in [4.78, 5) is 25.3. The fourth-order valence-electron chi connectivity index (χ4n) is 3.25. The molecule has 0 aliphatic heterocycles. The predicted molar refractivity (Wildman–Crippen MR) is 118 cm³/mol. The molecule has 0 aromatic heterocycles. The van der Waals surface area contributed by atoms with Crippen LogP contribution in [0.5, 0.6) is 0 Å². The van der Waals surface area contributed by atoms with Crippen LogP contribution in [-0.2, 0) is 9.47 Å². The molecule has 0 fully saturated rings. The SMILES string of the molecule is CCCCC(CC)COC(=O)c1ccc(N)cc1C(=O)OCC(CC)CCCC. The number of unbranched alkanes of at least 4 members (excludes halogenated alkanes) is 2. The second kappa shape index (κ2) is 14.0. The highest BCUT2D eigenvalue weighted by molar-refractivity contribution is 6.03. The topological polar surface area (TPSA) is 78.6 Å². The number of anilines is 1. The third-order valence-corrected chi connectivity index (χ3v) is 5.47. The molecule has 1 aromatic carbocycles. The lowest BCUT2D eigenvalue weighted by atomic mass is 10.0. The predicted octanol–water partition coefficient (Wildman–Crippen LogP) is 6.02. The van der Waals surface area contributed by atoms with Gasteiger partial charge in [0.1, 0.15) is 0 Å². The first-order valence-electron chi connectivity index (χ1n) is 11.2. The number of nitrogens with two attached hydrogens (primary N) is 1. The van der Waals surface area contributed by atoms with Crippen molar-refractivity contribution in [1.29, 1.82) is 0 Å². The fourth-order valence-corrected chi connectivity index (χ4v) is 3.25. The standard InChI is InChI=1S/C24H39NO4/c1-5-9-11-18(7-3)16-28-23(26)21-14-13-20(25)15-22(21)24(27)29-17-19(8-4)12-10-6-2/h13-15,18-19H,5-12,16-17,25H2,1-4H3. The number of carbonyl (C=O) groups excluding carboxylic acids is 2. The van der Waals surface area contributed by atoms with Gasteiger partial charge in [-0.05, 0) is 42.9 Å². The lowest BCUT2D eigenvalue weighted by Crippen LogP contribution is -2.19. The molecule has 5 heteroatoms. The van der Waals surface area contributed by atoms with Crippen molar-refractivity contribution in [3.05, 3.63) is 29.3 Å². The minimum atomic E-state index is -0.516. The molecular formula is C24H39NO4.